The van der Waals surface area contributed by atoms with E-state index >= 15 is 0 Å². The van der Waals surface area contributed by atoms with Crippen molar-refractivity contribution in [1.82, 2.24) is 4.90 Å². The number of aliphatic hydroxyl groups is 1. The van der Waals surface area contributed by atoms with Crippen molar-refractivity contribution in [3.63, 3.8) is 0 Å². The van der Waals surface area contributed by atoms with Gasteiger partial charge in [-0.15, -0.1) is 0 Å². The topological polar surface area (TPSA) is 23.5 Å². The number of piperidine rings is 1. The lowest BCUT2D eigenvalue weighted by molar-refractivity contribution is 0.0743. The molecule has 2 rings (SSSR count). The standard InChI is InChI=1S/C10H19NOS/c12-9-1-5-11(6-2-9)7-10(8-13)3-4-10/h9,12-13H,1-8H2. The molecule has 0 unspecified atom stereocenters. The van der Waals surface area contributed by atoms with Crippen molar-refractivity contribution >= 4 is 12.6 Å². The van der Waals surface area contributed by atoms with Gasteiger partial charge in [0.05, 0.1) is 6.10 Å². The van der Waals surface area contributed by atoms with E-state index in [0.717, 1.165) is 31.7 Å². The van der Waals surface area contributed by atoms with Gasteiger partial charge >= 0.3 is 0 Å². The fourth-order valence-electron chi connectivity index (χ4n) is 2.09. The number of likely N-dealkylation sites (tertiary alicyclic amines) is 1. The summed E-state index contributed by atoms with van der Waals surface area (Å²) in [7, 11) is 0. The Labute approximate surface area is 85.7 Å². The summed E-state index contributed by atoms with van der Waals surface area (Å²) in [5.41, 5.74) is 0.547. The highest BCUT2D eigenvalue weighted by molar-refractivity contribution is 7.80. The molecule has 0 bridgehead atoms. The summed E-state index contributed by atoms with van der Waals surface area (Å²) in [6.45, 7) is 3.37. The highest BCUT2D eigenvalue weighted by atomic mass is 32.1. The Morgan fingerprint density at radius 3 is 2.38 bits per heavy atom. The fraction of sp³-hybridized carbons (Fsp3) is 1.00. The maximum absolute atomic E-state index is 9.36. The lowest BCUT2D eigenvalue weighted by Gasteiger charge is -2.32. The van der Waals surface area contributed by atoms with Crippen LogP contribution in [0.3, 0.4) is 0 Å². The first-order valence-corrected chi connectivity index (χ1v) is 5.89. The number of rotatable bonds is 3. The lowest BCUT2D eigenvalue weighted by Crippen LogP contribution is -2.39. The molecule has 13 heavy (non-hydrogen) atoms. The predicted molar refractivity (Wildman–Crippen MR) is 57.2 cm³/mol. The van der Waals surface area contributed by atoms with Crippen molar-refractivity contribution in [2.45, 2.75) is 31.8 Å². The number of hydrogen-bond donors (Lipinski definition) is 2. The van der Waals surface area contributed by atoms with E-state index in [-0.39, 0.29) is 6.10 Å². The van der Waals surface area contributed by atoms with E-state index in [0.29, 0.717) is 5.41 Å². The molecule has 1 saturated carbocycles. The van der Waals surface area contributed by atoms with Gasteiger partial charge in [0.25, 0.3) is 0 Å². The van der Waals surface area contributed by atoms with Gasteiger partial charge in [0, 0.05) is 19.6 Å². The van der Waals surface area contributed by atoms with Gasteiger partial charge in [-0.2, -0.15) is 12.6 Å². The summed E-state index contributed by atoms with van der Waals surface area (Å²) < 4.78 is 0. The summed E-state index contributed by atoms with van der Waals surface area (Å²) in [6, 6.07) is 0. The Balaban J connectivity index is 1.76. The molecule has 1 saturated heterocycles. The van der Waals surface area contributed by atoms with Crippen LogP contribution in [0.15, 0.2) is 0 Å². The SMILES string of the molecule is OC1CCN(CC2(CS)CC2)CC1. The third-order valence-electron chi connectivity index (χ3n) is 3.41. The molecule has 0 aromatic heterocycles. The molecule has 0 amide bonds. The monoisotopic (exact) mass is 201 g/mol. The average Bonchev–Trinajstić information content (AvgIpc) is 2.90. The Morgan fingerprint density at radius 1 is 1.31 bits per heavy atom. The summed E-state index contributed by atoms with van der Waals surface area (Å²) in [5.74, 6) is 1.03. The normalized spacial score (nSPS) is 29.1. The first kappa shape index (κ1) is 9.81. The maximum Gasteiger partial charge on any atom is 0.0564 e. The molecule has 2 fully saturated rings. The zero-order valence-corrected chi connectivity index (χ0v) is 8.97. The van der Waals surface area contributed by atoms with E-state index in [9.17, 15) is 5.11 Å². The molecule has 1 heterocycles. The molecule has 2 aliphatic rings. The van der Waals surface area contributed by atoms with Gasteiger partial charge in [-0.25, -0.2) is 0 Å². The second-order valence-corrected chi connectivity index (χ2v) is 4.98. The zero-order chi connectivity index (χ0) is 9.31. The molecule has 76 valence electrons. The van der Waals surface area contributed by atoms with E-state index in [1.165, 1.54) is 19.4 Å². The van der Waals surface area contributed by atoms with Gasteiger partial charge in [0.15, 0.2) is 0 Å². The minimum Gasteiger partial charge on any atom is -0.393 e. The summed E-state index contributed by atoms with van der Waals surface area (Å²) in [4.78, 5) is 2.50. The van der Waals surface area contributed by atoms with Crippen LogP contribution < -0.4 is 0 Å². The van der Waals surface area contributed by atoms with Gasteiger partial charge in [-0.05, 0) is 36.9 Å². The minimum atomic E-state index is -0.0394. The summed E-state index contributed by atoms with van der Waals surface area (Å²) in [5, 5.41) is 9.36. The van der Waals surface area contributed by atoms with Crippen molar-refractivity contribution in [2.75, 3.05) is 25.4 Å². The Bertz CT molecular complexity index is 174. The average molecular weight is 201 g/mol. The van der Waals surface area contributed by atoms with Crippen LogP contribution in [0.5, 0.6) is 0 Å². The smallest absolute Gasteiger partial charge is 0.0564 e. The molecule has 1 aliphatic carbocycles. The summed E-state index contributed by atoms with van der Waals surface area (Å²) in [6.07, 6.45) is 4.60. The molecule has 2 nitrogen and oxygen atoms in total. The molecule has 0 atom stereocenters. The van der Waals surface area contributed by atoms with Gasteiger partial charge < -0.3 is 10.0 Å². The van der Waals surface area contributed by atoms with Crippen molar-refractivity contribution in [2.24, 2.45) is 5.41 Å². The van der Waals surface area contributed by atoms with Crippen LogP contribution in [-0.2, 0) is 0 Å². The molecule has 0 aromatic rings. The number of nitrogens with zero attached hydrogens (tertiary/aromatic N) is 1. The molecular formula is C10H19NOS. The van der Waals surface area contributed by atoms with Gasteiger partial charge in [-0.1, -0.05) is 0 Å². The molecule has 0 spiro atoms. The third kappa shape index (κ3) is 2.39. The fourth-order valence-corrected chi connectivity index (χ4v) is 2.51. The molecule has 0 aromatic carbocycles. The van der Waals surface area contributed by atoms with Crippen molar-refractivity contribution in [1.29, 1.82) is 0 Å². The zero-order valence-electron chi connectivity index (χ0n) is 8.08. The van der Waals surface area contributed by atoms with Crippen LogP contribution in [0.1, 0.15) is 25.7 Å². The van der Waals surface area contributed by atoms with E-state index < -0.39 is 0 Å². The Hall–Kier alpha value is 0.270. The number of thiol groups is 1. The van der Waals surface area contributed by atoms with Gasteiger partial charge in [-0.3, -0.25) is 0 Å². The molecule has 3 heteroatoms. The second-order valence-electron chi connectivity index (χ2n) is 4.67. The van der Waals surface area contributed by atoms with Gasteiger partial charge in [0.2, 0.25) is 0 Å². The van der Waals surface area contributed by atoms with Crippen LogP contribution in [-0.4, -0.2) is 41.5 Å². The molecule has 1 aliphatic heterocycles. The Morgan fingerprint density at radius 2 is 1.92 bits per heavy atom. The third-order valence-corrected chi connectivity index (χ3v) is 4.08. The lowest BCUT2D eigenvalue weighted by atomic mass is 10.0. The van der Waals surface area contributed by atoms with Crippen molar-refractivity contribution in [3.05, 3.63) is 0 Å². The molecule has 1 N–H and O–H groups in total. The first-order chi connectivity index (χ1) is 6.24. The highest BCUT2D eigenvalue weighted by Gasteiger charge is 2.42. The number of hydrogen-bond acceptors (Lipinski definition) is 3. The van der Waals surface area contributed by atoms with E-state index in [1.807, 2.05) is 0 Å². The maximum atomic E-state index is 9.36. The number of aliphatic hydroxyl groups excluding tert-OH is 1. The van der Waals surface area contributed by atoms with Gasteiger partial charge in [0.1, 0.15) is 0 Å². The molecular weight excluding hydrogens is 182 g/mol. The van der Waals surface area contributed by atoms with Crippen LogP contribution in [0, 0.1) is 5.41 Å². The van der Waals surface area contributed by atoms with Crippen LogP contribution in [0.2, 0.25) is 0 Å². The highest BCUT2D eigenvalue weighted by Crippen LogP contribution is 2.47. The molecule has 0 radical (unpaired) electrons. The van der Waals surface area contributed by atoms with E-state index in [4.69, 9.17) is 0 Å². The first-order valence-electron chi connectivity index (χ1n) is 5.25. The van der Waals surface area contributed by atoms with Crippen LogP contribution in [0.25, 0.3) is 0 Å². The predicted octanol–water partition coefficient (Wildman–Crippen LogP) is 1.15. The Kier molecular flexibility index (Phi) is 2.86. The van der Waals surface area contributed by atoms with Crippen LogP contribution in [0.4, 0.5) is 0 Å². The van der Waals surface area contributed by atoms with E-state index in [2.05, 4.69) is 17.5 Å². The van der Waals surface area contributed by atoms with Crippen LogP contribution >= 0.6 is 12.6 Å². The van der Waals surface area contributed by atoms with Crippen molar-refractivity contribution in [3.8, 4) is 0 Å². The van der Waals surface area contributed by atoms with E-state index in [1.54, 1.807) is 0 Å². The minimum absolute atomic E-state index is 0.0394. The second kappa shape index (κ2) is 3.79. The summed E-state index contributed by atoms with van der Waals surface area (Å²) >= 11 is 4.40. The quantitative estimate of drug-likeness (QED) is 0.669. The largest absolute Gasteiger partial charge is 0.393 e. The van der Waals surface area contributed by atoms with Crippen molar-refractivity contribution < 1.29 is 5.11 Å².